The molecule has 0 aromatic carbocycles. The van der Waals surface area contributed by atoms with Crippen LogP contribution in [0.1, 0.15) is 88.0 Å². The molecule has 6 nitrogen and oxygen atoms in total. The van der Waals surface area contributed by atoms with Gasteiger partial charge in [-0.05, 0) is 12.8 Å². The number of imidazole rings is 1. The normalized spacial score (nSPS) is 12.4. The van der Waals surface area contributed by atoms with Crippen LogP contribution >= 0.6 is 11.8 Å². The van der Waals surface area contributed by atoms with Crippen molar-refractivity contribution < 1.29 is 19.4 Å². The standard InChI is InChI=1S/C22H36N2O4S/c1-4-5-6-7-8-9-10-11-12-13-14-15-16-19(20(25)26)29-22-23-17-18(24(22)2)21(27)28-3/h15-17,19H,4-14H2,1-3H3,(H,25,26). The van der Waals surface area contributed by atoms with E-state index in [9.17, 15) is 14.7 Å². The first kappa shape index (κ1) is 25.3. The Kier molecular flexibility index (Phi) is 13.2. The lowest BCUT2D eigenvalue weighted by Gasteiger charge is -2.08. The summed E-state index contributed by atoms with van der Waals surface area (Å²) in [7, 11) is 2.98. The Morgan fingerprint density at radius 3 is 2.28 bits per heavy atom. The van der Waals surface area contributed by atoms with E-state index in [1.54, 1.807) is 17.7 Å². The van der Waals surface area contributed by atoms with Crippen LogP contribution in [0.2, 0.25) is 0 Å². The smallest absolute Gasteiger partial charge is 0.356 e. The minimum Gasteiger partial charge on any atom is -0.480 e. The number of methoxy groups -OCH3 is 1. The highest BCUT2D eigenvalue weighted by Crippen LogP contribution is 2.24. The van der Waals surface area contributed by atoms with Crippen molar-refractivity contribution in [3.05, 3.63) is 24.0 Å². The van der Waals surface area contributed by atoms with Crippen molar-refractivity contribution in [3.63, 3.8) is 0 Å². The zero-order valence-electron chi connectivity index (χ0n) is 18.1. The molecule has 1 aromatic heterocycles. The van der Waals surface area contributed by atoms with E-state index in [4.69, 9.17) is 4.74 Å². The molecule has 1 rings (SSSR count). The predicted molar refractivity (Wildman–Crippen MR) is 117 cm³/mol. The first-order valence-corrected chi connectivity index (χ1v) is 11.5. The summed E-state index contributed by atoms with van der Waals surface area (Å²) >= 11 is 1.11. The van der Waals surface area contributed by atoms with Gasteiger partial charge in [0.05, 0.1) is 13.3 Å². The number of thioether (sulfide) groups is 1. The fourth-order valence-electron chi connectivity index (χ4n) is 3.05. The topological polar surface area (TPSA) is 81.4 Å². The van der Waals surface area contributed by atoms with Crippen LogP contribution in [0.4, 0.5) is 0 Å². The second-order valence-corrected chi connectivity index (χ2v) is 8.36. The molecular weight excluding hydrogens is 388 g/mol. The lowest BCUT2D eigenvalue weighted by molar-refractivity contribution is -0.135. The Morgan fingerprint density at radius 1 is 1.14 bits per heavy atom. The van der Waals surface area contributed by atoms with Crippen LogP contribution < -0.4 is 0 Å². The van der Waals surface area contributed by atoms with Gasteiger partial charge in [-0.3, -0.25) is 4.79 Å². The first-order valence-electron chi connectivity index (χ1n) is 10.7. The molecule has 0 radical (unpaired) electrons. The molecule has 1 aromatic rings. The van der Waals surface area contributed by atoms with Gasteiger partial charge >= 0.3 is 11.9 Å². The van der Waals surface area contributed by atoms with E-state index >= 15 is 0 Å². The van der Waals surface area contributed by atoms with Crippen molar-refractivity contribution in [2.45, 2.75) is 88.0 Å². The highest BCUT2D eigenvalue weighted by atomic mass is 32.2. The molecule has 164 valence electrons. The number of nitrogens with zero attached hydrogens (tertiary/aromatic N) is 2. The number of carbonyl (C=O) groups excluding carboxylic acids is 1. The molecule has 1 heterocycles. The maximum absolute atomic E-state index is 11.6. The van der Waals surface area contributed by atoms with Gasteiger partial charge in [0.2, 0.25) is 0 Å². The average Bonchev–Trinajstić information content (AvgIpc) is 3.07. The highest BCUT2D eigenvalue weighted by Gasteiger charge is 2.21. The van der Waals surface area contributed by atoms with Crippen molar-refractivity contribution in [2.24, 2.45) is 7.05 Å². The van der Waals surface area contributed by atoms with Gasteiger partial charge in [-0.15, -0.1) is 0 Å². The van der Waals surface area contributed by atoms with E-state index in [1.165, 1.54) is 71.1 Å². The summed E-state index contributed by atoms with van der Waals surface area (Å²) in [6.45, 7) is 2.24. The summed E-state index contributed by atoms with van der Waals surface area (Å²) < 4.78 is 6.25. The van der Waals surface area contributed by atoms with Crippen LogP contribution in [0.25, 0.3) is 0 Å². The predicted octanol–water partition coefficient (Wildman–Crippen LogP) is 5.62. The van der Waals surface area contributed by atoms with Gasteiger partial charge in [-0.1, -0.05) is 88.6 Å². The van der Waals surface area contributed by atoms with Gasteiger partial charge in [0.15, 0.2) is 5.16 Å². The maximum Gasteiger partial charge on any atom is 0.356 e. The number of aliphatic carboxylic acids is 1. The quantitative estimate of drug-likeness (QED) is 0.160. The fraction of sp³-hybridized carbons (Fsp3) is 0.682. The van der Waals surface area contributed by atoms with Crippen molar-refractivity contribution in [1.82, 2.24) is 9.55 Å². The minimum absolute atomic E-state index is 0.300. The number of hydrogen-bond donors (Lipinski definition) is 1. The number of rotatable bonds is 16. The van der Waals surface area contributed by atoms with Crippen LogP contribution in [-0.4, -0.2) is 39.0 Å². The van der Waals surface area contributed by atoms with Crippen molar-refractivity contribution in [2.75, 3.05) is 7.11 Å². The number of hydrogen-bond acceptors (Lipinski definition) is 5. The summed E-state index contributed by atoms with van der Waals surface area (Å²) in [5.41, 5.74) is 0.300. The molecule has 0 saturated heterocycles. The van der Waals surface area contributed by atoms with E-state index in [2.05, 4.69) is 11.9 Å². The third-order valence-electron chi connectivity index (χ3n) is 4.85. The summed E-state index contributed by atoms with van der Waals surface area (Å²) in [4.78, 5) is 27.3. The average molecular weight is 425 g/mol. The highest BCUT2D eigenvalue weighted by molar-refractivity contribution is 8.00. The number of carboxylic acid groups (broad SMARTS) is 1. The molecule has 0 fully saturated rings. The zero-order chi connectivity index (χ0) is 21.5. The van der Waals surface area contributed by atoms with Crippen LogP contribution in [0.3, 0.4) is 0 Å². The molecular formula is C22H36N2O4S. The Morgan fingerprint density at radius 2 is 1.72 bits per heavy atom. The fourth-order valence-corrected chi connectivity index (χ4v) is 3.94. The molecule has 0 bridgehead atoms. The molecule has 0 amide bonds. The Bertz CT molecular complexity index is 643. The lowest BCUT2D eigenvalue weighted by atomic mass is 10.1. The number of allylic oxidation sites excluding steroid dienone is 1. The molecule has 0 saturated carbocycles. The van der Waals surface area contributed by atoms with Gasteiger partial charge < -0.3 is 14.4 Å². The SMILES string of the molecule is CCCCCCCCCCCCC=CC(Sc1ncc(C(=O)OC)n1C)C(=O)O. The van der Waals surface area contributed by atoms with Crippen LogP contribution in [0, 0.1) is 0 Å². The second kappa shape index (κ2) is 15.1. The molecule has 29 heavy (non-hydrogen) atoms. The molecule has 1 N–H and O–H groups in total. The first-order chi connectivity index (χ1) is 14.0. The summed E-state index contributed by atoms with van der Waals surface area (Å²) in [5, 5.41) is 9.21. The van der Waals surface area contributed by atoms with Crippen LogP contribution in [-0.2, 0) is 16.6 Å². The number of unbranched alkanes of at least 4 members (excludes halogenated alkanes) is 10. The van der Waals surface area contributed by atoms with Gasteiger partial charge in [0.1, 0.15) is 10.9 Å². The van der Waals surface area contributed by atoms with Gasteiger partial charge in [-0.2, -0.15) is 0 Å². The number of esters is 1. The second-order valence-electron chi connectivity index (χ2n) is 7.25. The third-order valence-corrected chi connectivity index (χ3v) is 6.05. The summed E-state index contributed by atoms with van der Waals surface area (Å²) in [6, 6.07) is 0. The molecule has 0 aliphatic rings. The minimum atomic E-state index is -0.919. The van der Waals surface area contributed by atoms with Crippen LogP contribution in [0.15, 0.2) is 23.5 Å². The van der Waals surface area contributed by atoms with Crippen LogP contribution in [0.5, 0.6) is 0 Å². The van der Waals surface area contributed by atoms with E-state index in [-0.39, 0.29) is 0 Å². The lowest BCUT2D eigenvalue weighted by Crippen LogP contribution is -2.15. The number of carbonyl (C=O) groups is 2. The molecule has 7 heteroatoms. The van der Waals surface area contributed by atoms with Crippen molar-refractivity contribution in [1.29, 1.82) is 0 Å². The number of aromatic nitrogens is 2. The maximum atomic E-state index is 11.6. The van der Waals surface area contributed by atoms with Gasteiger partial charge in [0.25, 0.3) is 0 Å². The van der Waals surface area contributed by atoms with Gasteiger partial charge in [0, 0.05) is 7.05 Å². The van der Waals surface area contributed by atoms with Crippen molar-refractivity contribution in [3.8, 4) is 0 Å². The molecule has 0 aliphatic heterocycles. The third kappa shape index (κ3) is 10.0. The molecule has 0 aliphatic carbocycles. The van der Waals surface area contributed by atoms with E-state index in [1.807, 2.05) is 6.08 Å². The Balaban J connectivity index is 2.29. The Hall–Kier alpha value is -1.76. The van der Waals surface area contributed by atoms with Crippen molar-refractivity contribution >= 4 is 23.7 Å². The number of ether oxygens (including phenoxy) is 1. The van der Waals surface area contributed by atoms with E-state index in [0.717, 1.165) is 24.6 Å². The summed E-state index contributed by atoms with van der Waals surface area (Å²) in [6.07, 6.45) is 18.8. The summed E-state index contributed by atoms with van der Waals surface area (Å²) in [5.74, 6) is -1.41. The molecule has 1 unspecified atom stereocenters. The monoisotopic (exact) mass is 424 g/mol. The Labute approximate surface area is 179 Å². The van der Waals surface area contributed by atoms with E-state index < -0.39 is 17.2 Å². The molecule has 1 atom stereocenters. The van der Waals surface area contributed by atoms with Gasteiger partial charge in [-0.25, -0.2) is 9.78 Å². The largest absolute Gasteiger partial charge is 0.480 e. The number of carboxylic acids is 1. The molecule has 0 spiro atoms. The van der Waals surface area contributed by atoms with E-state index in [0.29, 0.717) is 10.9 Å². The zero-order valence-corrected chi connectivity index (χ0v) is 18.9.